The van der Waals surface area contributed by atoms with Gasteiger partial charge in [0, 0.05) is 25.6 Å². The van der Waals surface area contributed by atoms with E-state index in [1.807, 2.05) is 28.8 Å². The first-order valence-electron chi connectivity index (χ1n) is 10.9. The molecular formula is C24H26N4O6S. The predicted octanol–water partition coefficient (Wildman–Crippen LogP) is 2.19. The van der Waals surface area contributed by atoms with Crippen LogP contribution in [0.15, 0.2) is 59.8 Å². The molecule has 1 unspecified atom stereocenters. The van der Waals surface area contributed by atoms with Gasteiger partial charge in [0.05, 0.1) is 43.4 Å². The molecule has 0 bridgehead atoms. The number of aromatic nitrogens is 2. The maximum atomic E-state index is 13.6. The molecular weight excluding hydrogens is 472 g/mol. The summed E-state index contributed by atoms with van der Waals surface area (Å²) in [6, 6.07) is 12.3. The minimum Gasteiger partial charge on any atom is -0.497 e. The number of carbonyl (C=O) groups excluding carboxylic acids is 2. The molecule has 0 spiro atoms. The maximum absolute atomic E-state index is 13.6. The first-order valence-corrected chi connectivity index (χ1v) is 12.3. The smallest absolute Gasteiger partial charge is 0.324 e. The molecule has 184 valence electrons. The van der Waals surface area contributed by atoms with E-state index in [-0.39, 0.29) is 23.8 Å². The third-order valence-corrected chi connectivity index (χ3v) is 7.71. The SMILES string of the molecule is COC(=O)C1Cc2ncn(Cc3ccc(OC)cc3)c2CN1S(=O)(=O)c1ccc(NC(C)=O)cc1. The predicted molar refractivity (Wildman–Crippen MR) is 127 cm³/mol. The Hall–Kier alpha value is -3.70. The number of ether oxygens (including phenoxy) is 2. The van der Waals surface area contributed by atoms with Gasteiger partial charge in [-0.3, -0.25) is 9.59 Å². The van der Waals surface area contributed by atoms with Crippen LogP contribution in [0.2, 0.25) is 0 Å². The van der Waals surface area contributed by atoms with E-state index < -0.39 is 22.0 Å². The van der Waals surface area contributed by atoms with E-state index in [2.05, 4.69) is 10.3 Å². The topological polar surface area (TPSA) is 120 Å². The van der Waals surface area contributed by atoms with Crippen molar-refractivity contribution in [1.29, 1.82) is 0 Å². The van der Waals surface area contributed by atoms with Gasteiger partial charge >= 0.3 is 5.97 Å². The first kappa shape index (κ1) is 24.4. The molecule has 2 aromatic carbocycles. The number of fused-ring (bicyclic) bond motifs is 1. The van der Waals surface area contributed by atoms with Crippen molar-refractivity contribution in [2.24, 2.45) is 0 Å². The third-order valence-electron chi connectivity index (χ3n) is 5.84. The van der Waals surface area contributed by atoms with Crippen molar-refractivity contribution in [2.45, 2.75) is 37.4 Å². The fraction of sp³-hybridized carbons (Fsp3) is 0.292. The van der Waals surface area contributed by atoms with Gasteiger partial charge in [0.1, 0.15) is 11.8 Å². The Balaban J connectivity index is 1.66. The van der Waals surface area contributed by atoms with Crippen molar-refractivity contribution in [3.8, 4) is 5.75 Å². The first-order chi connectivity index (χ1) is 16.7. The number of rotatable bonds is 7. The molecule has 3 aromatic rings. The van der Waals surface area contributed by atoms with E-state index in [9.17, 15) is 18.0 Å². The van der Waals surface area contributed by atoms with Crippen molar-refractivity contribution < 1.29 is 27.5 Å². The van der Waals surface area contributed by atoms with Crippen LogP contribution in [0.5, 0.6) is 5.75 Å². The number of hydrogen-bond acceptors (Lipinski definition) is 7. The Morgan fingerprint density at radius 3 is 2.37 bits per heavy atom. The van der Waals surface area contributed by atoms with Crippen LogP contribution in [0.1, 0.15) is 23.9 Å². The molecule has 4 rings (SSSR count). The van der Waals surface area contributed by atoms with Crippen LogP contribution in [0.4, 0.5) is 5.69 Å². The molecule has 1 aliphatic heterocycles. The monoisotopic (exact) mass is 498 g/mol. The summed E-state index contributed by atoms with van der Waals surface area (Å²) in [4.78, 5) is 28.3. The Labute approximate surface area is 203 Å². The highest BCUT2D eigenvalue weighted by Gasteiger charge is 2.42. The number of sulfonamides is 1. The number of esters is 1. The van der Waals surface area contributed by atoms with Gasteiger partial charge in [-0.05, 0) is 42.0 Å². The molecule has 11 heteroatoms. The number of amides is 1. The zero-order valence-electron chi connectivity index (χ0n) is 19.6. The van der Waals surface area contributed by atoms with Gasteiger partial charge in [0.15, 0.2) is 0 Å². The summed E-state index contributed by atoms with van der Waals surface area (Å²) in [7, 11) is -1.24. The van der Waals surface area contributed by atoms with Crippen LogP contribution < -0.4 is 10.1 Å². The minimum absolute atomic E-state index is 0.00479. The number of nitrogens with one attached hydrogen (secondary N) is 1. The normalized spacial score (nSPS) is 15.8. The molecule has 1 aromatic heterocycles. The summed E-state index contributed by atoms with van der Waals surface area (Å²) in [5.41, 5.74) is 2.82. The molecule has 1 amide bonds. The fourth-order valence-electron chi connectivity index (χ4n) is 4.05. The molecule has 1 N–H and O–H groups in total. The van der Waals surface area contributed by atoms with Gasteiger partial charge in [0.2, 0.25) is 15.9 Å². The molecule has 1 aliphatic rings. The van der Waals surface area contributed by atoms with Crippen LogP contribution in [0.25, 0.3) is 0 Å². The van der Waals surface area contributed by atoms with Crippen LogP contribution >= 0.6 is 0 Å². The quantitative estimate of drug-likeness (QED) is 0.496. The standard InChI is InChI=1S/C24H26N4O6S/c1-16(29)26-18-6-10-20(11-7-18)35(31,32)28-14-23-21(12-22(28)24(30)34-3)25-15-27(23)13-17-4-8-19(33-2)9-5-17/h4-11,15,22H,12-14H2,1-3H3,(H,26,29). The van der Waals surface area contributed by atoms with Crippen LogP contribution in [0.3, 0.4) is 0 Å². The summed E-state index contributed by atoms with van der Waals surface area (Å²) >= 11 is 0. The lowest BCUT2D eigenvalue weighted by Gasteiger charge is -2.33. The second-order valence-corrected chi connectivity index (χ2v) is 10.0. The molecule has 0 fully saturated rings. The summed E-state index contributed by atoms with van der Waals surface area (Å²) in [6.45, 7) is 1.81. The van der Waals surface area contributed by atoms with Crippen molar-refractivity contribution in [1.82, 2.24) is 13.9 Å². The Morgan fingerprint density at radius 2 is 1.77 bits per heavy atom. The van der Waals surface area contributed by atoms with Crippen molar-refractivity contribution in [3.63, 3.8) is 0 Å². The lowest BCUT2D eigenvalue weighted by Crippen LogP contribution is -2.49. The molecule has 0 saturated carbocycles. The summed E-state index contributed by atoms with van der Waals surface area (Å²) in [5, 5.41) is 2.61. The largest absolute Gasteiger partial charge is 0.497 e. The van der Waals surface area contributed by atoms with E-state index in [0.717, 1.165) is 15.6 Å². The van der Waals surface area contributed by atoms with Crippen LogP contribution in [0, 0.1) is 0 Å². The second kappa shape index (κ2) is 9.88. The highest BCUT2D eigenvalue weighted by molar-refractivity contribution is 7.89. The molecule has 1 atom stereocenters. The molecule has 0 radical (unpaired) electrons. The summed E-state index contributed by atoms with van der Waals surface area (Å²) in [5.74, 6) is -0.178. The third kappa shape index (κ3) is 5.05. The number of nitrogens with zero attached hydrogens (tertiary/aromatic N) is 3. The highest BCUT2D eigenvalue weighted by atomic mass is 32.2. The van der Waals surface area contributed by atoms with Gasteiger partial charge in [-0.15, -0.1) is 0 Å². The van der Waals surface area contributed by atoms with Gasteiger partial charge in [0.25, 0.3) is 0 Å². The highest BCUT2D eigenvalue weighted by Crippen LogP contribution is 2.30. The Morgan fingerprint density at radius 1 is 1.09 bits per heavy atom. The van der Waals surface area contributed by atoms with Gasteiger partial charge in [-0.25, -0.2) is 13.4 Å². The second-order valence-electron chi connectivity index (χ2n) is 8.11. The Kier molecular flexibility index (Phi) is 6.90. The zero-order valence-corrected chi connectivity index (χ0v) is 20.4. The zero-order chi connectivity index (χ0) is 25.2. The summed E-state index contributed by atoms with van der Waals surface area (Å²) < 4.78 is 40.4. The van der Waals surface area contributed by atoms with E-state index in [1.54, 1.807) is 13.4 Å². The summed E-state index contributed by atoms with van der Waals surface area (Å²) in [6.07, 6.45) is 1.75. The number of hydrogen-bond donors (Lipinski definition) is 1. The molecule has 2 heterocycles. The van der Waals surface area contributed by atoms with Crippen molar-refractivity contribution in [3.05, 3.63) is 71.8 Å². The number of anilines is 1. The van der Waals surface area contributed by atoms with Gasteiger partial charge in [-0.1, -0.05) is 12.1 Å². The molecule has 35 heavy (non-hydrogen) atoms. The average Bonchev–Trinajstić information content (AvgIpc) is 3.24. The van der Waals surface area contributed by atoms with Crippen LogP contribution in [-0.2, 0) is 43.9 Å². The van der Waals surface area contributed by atoms with Crippen molar-refractivity contribution >= 4 is 27.6 Å². The van der Waals surface area contributed by atoms with Crippen LogP contribution in [-0.4, -0.2) is 54.4 Å². The average molecular weight is 499 g/mol. The maximum Gasteiger partial charge on any atom is 0.324 e. The molecule has 10 nitrogen and oxygen atoms in total. The fourth-order valence-corrected chi connectivity index (χ4v) is 5.59. The number of imidazole rings is 1. The van der Waals surface area contributed by atoms with E-state index in [4.69, 9.17) is 9.47 Å². The number of carbonyl (C=O) groups is 2. The number of methoxy groups -OCH3 is 2. The number of benzene rings is 2. The lowest BCUT2D eigenvalue weighted by molar-refractivity contribution is -0.145. The van der Waals surface area contributed by atoms with E-state index in [1.165, 1.54) is 38.3 Å². The lowest BCUT2D eigenvalue weighted by atomic mass is 10.1. The van der Waals surface area contributed by atoms with E-state index in [0.29, 0.717) is 23.6 Å². The van der Waals surface area contributed by atoms with Gasteiger partial charge in [-0.2, -0.15) is 4.31 Å². The van der Waals surface area contributed by atoms with E-state index >= 15 is 0 Å². The van der Waals surface area contributed by atoms with Crippen molar-refractivity contribution in [2.75, 3.05) is 19.5 Å². The Bertz CT molecular complexity index is 1330. The van der Waals surface area contributed by atoms with Gasteiger partial charge < -0.3 is 19.4 Å². The molecule has 0 saturated heterocycles. The molecule has 0 aliphatic carbocycles. The minimum atomic E-state index is -4.07.